The number of carboxylic acids is 3. The zero-order chi connectivity index (χ0) is 52.7. The Morgan fingerprint density at radius 1 is 0.614 bits per heavy atom. The molecule has 0 aromatic heterocycles. The maximum absolute atomic E-state index is 14.5. The Kier molecular flexibility index (Phi) is 24.2. The number of hydrogen-bond acceptors (Lipinski definition) is 11. The molecular formula is C49H67N7O14. The van der Waals surface area contributed by atoms with E-state index in [1.54, 1.807) is 97.0 Å². The number of hydrogen-bond donors (Lipinski definition) is 11. The molecule has 0 spiro atoms. The second-order valence-electron chi connectivity index (χ2n) is 18.2. The fourth-order valence-electron chi connectivity index (χ4n) is 6.91. The average molecular weight is 978 g/mol. The monoisotopic (exact) mass is 977 g/mol. The highest BCUT2D eigenvalue weighted by molar-refractivity contribution is 5.98. The van der Waals surface area contributed by atoms with Crippen LogP contribution in [0.1, 0.15) is 103 Å². The zero-order valence-corrected chi connectivity index (χ0v) is 40.6. The van der Waals surface area contributed by atoms with Crippen molar-refractivity contribution in [3.8, 4) is 11.8 Å². The minimum Gasteiger partial charge on any atom is -0.481 e. The van der Waals surface area contributed by atoms with E-state index in [0.717, 1.165) is 5.56 Å². The van der Waals surface area contributed by atoms with Crippen molar-refractivity contribution in [1.82, 2.24) is 37.2 Å². The fourth-order valence-corrected chi connectivity index (χ4v) is 6.91. The Balaban J connectivity index is 2.47. The van der Waals surface area contributed by atoms with Crippen LogP contribution in [0.2, 0.25) is 0 Å². The predicted octanol–water partition coefficient (Wildman–Crippen LogP) is 0.834. The molecule has 0 saturated carbocycles. The summed E-state index contributed by atoms with van der Waals surface area (Å²) < 4.78 is 0. The first-order valence-corrected chi connectivity index (χ1v) is 22.7. The SMILES string of the molecule is CC#CCC(NC(=O)[C@H](CC(C)C)NC(=O)[C@@H](NC(=O)[C@H](Cc1ccccc1C)NC(=O)[C@H](CCC(=O)O)NC(=O)[C@H](CC(=O)O)NC(=O)CCC(=O)O)C(C)(C)C)C(O)C(=O)NCc1ccccc1. The van der Waals surface area contributed by atoms with E-state index in [4.69, 9.17) is 5.11 Å². The number of amides is 7. The van der Waals surface area contributed by atoms with E-state index in [9.17, 15) is 63.3 Å². The topological polar surface area (TPSA) is 336 Å². The third-order valence-electron chi connectivity index (χ3n) is 10.7. The minimum absolute atomic E-state index is 0.0829. The normalized spacial score (nSPS) is 14.0. The molecule has 7 atom stereocenters. The molecule has 2 aromatic carbocycles. The number of carboxylic acid groups (broad SMARTS) is 3. The third kappa shape index (κ3) is 21.3. The number of benzene rings is 2. The van der Waals surface area contributed by atoms with Crippen LogP contribution in [0.3, 0.4) is 0 Å². The van der Waals surface area contributed by atoms with Gasteiger partial charge in [-0.25, -0.2) is 0 Å². The molecule has 21 heteroatoms. The molecule has 2 aromatic rings. The lowest BCUT2D eigenvalue weighted by molar-refractivity contribution is -0.142. The van der Waals surface area contributed by atoms with Crippen LogP contribution in [0.25, 0.3) is 0 Å². The van der Waals surface area contributed by atoms with E-state index in [0.29, 0.717) is 11.1 Å². The molecule has 0 bridgehead atoms. The molecule has 11 N–H and O–H groups in total. The first-order chi connectivity index (χ1) is 32.8. The number of aliphatic carboxylic acids is 3. The minimum atomic E-state index is -1.82. The third-order valence-corrected chi connectivity index (χ3v) is 10.7. The zero-order valence-electron chi connectivity index (χ0n) is 40.6. The van der Waals surface area contributed by atoms with Crippen molar-refractivity contribution in [3.05, 3.63) is 71.3 Å². The number of nitrogens with one attached hydrogen (secondary N) is 7. The van der Waals surface area contributed by atoms with Crippen LogP contribution < -0.4 is 37.2 Å². The van der Waals surface area contributed by atoms with Gasteiger partial charge in [-0.05, 0) is 54.7 Å². The van der Waals surface area contributed by atoms with Gasteiger partial charge < -0.3 is 57.6 Å². The highest BCUT2D eigenvalue weighted by Gasteiger charge is 2.39. The number of aryl methyl sites for hydroxylation is 1. The van der Waals surface area contributed by atoms with E-state index < -0.39 is 139 Å². The van der Waals surface area contributed by atoms with E-state index in [2.05, 4.69) is 49.1 Å². The van der Waals surface area contributed by atoms with Gasteiger partial charge in [-0.2, -0.15) is 0 Å². The summed E-state index contributed by atoms with van der Waals surface area (Å²) in [6.45, 7) is 11.9. The summed E-state index contributed by atoms with van der Waals surface area (Å²) in [5, 5.41) is 56.6. The molecule has 70 heavy (non-hydrogen) atoms. The Morgan fingerprint density at radius 2 is 1.17 bits per heavy atom. The molecule has 7 amide bonds. The van der Waals surface area contributed by atoms with Crippen molar-refractivity contribution in [2.45, 2.75) is 149 Å². The van der Waals surface area contributed by atoms with Gasteiger partial charge in [0.1, 0.15) is 30.2 Å². The summed E-state index contributed by atoms with van der Waals surface area (Å²) in [6, 6.07) is 6.93. The van der Waals surface area contributed by atoms with Gasteiger partial charge in [-0.3, -0.25) is 47.9 Å². The number of rotatable bonds is 28. The lowest BCUT2D eigenvalue weighted by Crippen LogP contribution is -2.62. The molecule has 2 unspecified atom stereocenters. The van der Waals surface area contributed by atoms with Gasteiger partial charge in [-0.1, -0.05) is 89.2 Å². The summed E-state index contributed by atoms with van der Waals surface area (Å²) in [5.41, 5.74) is 0.987. The van der Waals surface area contributed by atoms with Crippen molar-refractivity contribution >= 4 is 59.3 Å². The first kappa shape index (κ1) is 58.8. The van der Waals surface area contributed by atoms with E-state index in [1.165, 1.54) is 0 Å². The second kappa shape index (κ2) is 28.9. The van der Waals surface area contributed by atoms with Gasteiger partial charge >= 0.3 is 17.9 Å². The Bertz CT molecular complexity index is 2230. The highest BCUT2D eigenvalue weighted by atomic mass is 16.4. The van der Waals surface area contributed by atoms with E-state index >= 15 is 0 Å². The van der Waals surface area contributed by atoms with Gasteiger partial charge in [0.05, 0.1) is 18.9 Å². The molecule has 0 aliphatic heterocycles. The maximum atomic E-state index is 14.5. The van der Waals surface area contributed by atoms with Crippen LogP contribution in [0.5, 0.6) is 0 Å². The number of carbonyl (C=O) groups excluding carboxylic acids is 7. The average Bonchev–Trinajstić information content (AvgIpc) is 3.28. The standard InChI is InChI=1S/C49H67N7O14/c1-8-9-19-32(41(64)47(69)50-27-30-16-11-10-12-17-30)52-44(66)34(24-28(2)3)55-48(70)42(49(5,6)7)56-46(68)35(25-31-18-14-13-15-29(31)4)54-43(65)33(20-22-38(58)59)53-45(67)36(26-40(62)63)51-37(57)21-23-39(60)61/h10-18,28,32-36,41-42,64H,19-27H2,1-7H3,(H,50,69)(H,51,57)(H,52,66)(H,53,67)(H,54,65)(H,55,70)(H,56,68)(H,58,59)(H,60,61)(H,62,63)/t32?,33-,34-,35-,36-,41?,42+/m0/s1. The largest absolute Gasteiger partial charge is 0.481 e. The maximum Gasteiger partial charge on any atom is 0.305 e. The smallest absolute Gasteiger partial charge is 0.305 e. The van der Waals surface area contributed by atoms with Crippen LogP contribution >= 0.6 is 0 Å². The van der Waals surface area contributed by atoms with Crippen LogP contribution in [0, 0.1) is 30.1 Å². The summed E-state index contributed by atoms with van der Waals surface area (Å²) in [6.07, 6.45) is -5.44. The molecule has 0 saturated heterocycles. The molecule has 2 rings (SSSR count). The van der Waals surface area contributed by atoms with Crippen LogP contribution in [0.4, 0.5) is 0 Å². The van der Waals surface area contributed by atoms with Crippen molar-refractivity contribution in [2.24, 2.45) is 11.3 Å². The van der Waals surface area contributed by atoms with E-state index in [1.807, 2.05) is 6.07 Å². The number of aliphatic hydroxyl groups excluding tert-OH is 1. The Labute approximate surface area is 407 Å². The van der Waals surface area contributed by atoms with Crippen molar-refractivity contribution in [2.75, 3.05) is 0 Å². The first-order valence-electron chi connectivity index (χ1n) is 22.7. The van der Waals surface area contributed by atoms with Crippen LogP contribution in [-0.4, -0.2) is 122 Å². The molecule has 0 aliphatic carbocycles. The molecule has 0 aliphatic rings. The molecule has 0 fully saturated rings. The van der Waals surface area contributed by atoms with Gasteiger partial charge in [0.25, 0.3) is 5.91 Å². The van der Waals surface area contributed by atoms with Crippen LogP contribution in [-0.2, 0) is 60.9 Å². The summed E-state index contributed by atoms with van der Waals surface area (Å²) in [5.74, 6) is -5.49. The quantitative estimate of drug-likeness (QED) is 0.0527. The van der Waals surface area contributed by atoms with Gasteiger partial charge in [-0.15, -0.1) is 11.8 Å². The van der Waals surface area contributed by atoms with E-state index in [-0.39, 0.29) is 31.7 Å². The van der Waals surface area contributed by atoms with Crippen molar-refractivity contribution in [3.63, 3.8) is 0 Å². The molecule has 21 nitrogen and oxygen atoms in total. The number of carbonyl (C=O) groups is 10. The molecule has 0 heterocycles. The Hall–Kier alpha value is -7.34. The van der Waals surface area contributed by atoms with Crippen molar-refractivity contribution < 1.29 is 68.4 Å². The predicted molar refractivity (Wildman–Crippen MR) is 254 cm³/mol. The summed E-state index contributed by atoms with van der Waals surface area (Å²) in [7, 11) is 0. The highest BCUT2D eigenvalue weighted by Crippen LogP contribution is 2.21. The summed E-state index contributed by atoms with van der Waals surface area (Å²) >= 11 is 0. The van der Waals surface area contributed by atoms with Gasteiger partial charge in [0, 0.05) is 32.2 Å². The van der Waals surface area contributed by atoms with Gasteiger partial charge in [0.2, 0.25) is 35.4 Å². The number of aliphatic hydroxyl groups is 1. The van der Waals surface area contributed by atoms with Crippen LogP contribution in [0.15, 0.2) is 54.6 Å². The molecule has 382 valence electrons. The molecule has 0 radical (unpaired) electrons. The lowest BCUT2D eigenvalue weighted by Gasteiger charge is -2.34. The fraction of sp³-hybridized carbons (Fsp3) is 0.510. The second-order valence-corrected chi connectivity index (χ2v) is 18.2. The lowest BCUT2D eigenvalue weighted by atomic mass is 9.85. The van der Waals surface area contributed by atoms with Gasteiger partial charge in [0.15, 0.2) is 6.10 Å². The Morgan fingerprint density at radius 3 is 1.74 bits per heavy atom. The molecular weight excluding hydrogens is 911 g/mol. The summed E-state index contributed by atoms with van der Waals surface area (Å²) in [4.78, 5) is 130. The van der Waals surface area contributed by atoms with Crippen molar-refractivity contribution in [1.29, 1.82) is 0 Å².